The van der Waals surface area contributed by atoms with Crippen LogP contribution >= 0.6 is 0 Å². The molecule has 59 heavy (non-hydrogen) atoms. The van der Waals surface area contributed by atoms with Gasteiger partial charge in [-0.1, -0.05) is 166 Å². The van der Waals surface area contributed by atoms with Crippen molar-refractivity contribution in [1.82, 2.24) is 0 Å². The molecule has 1 aliphatic heterocycles. The minimum Gasteiger partial charge on any atom is -0.462 e. The maximum absolute atomic E-state index is 12.8. The second-order valence-electron chi connectivity index (χ2n) is 16.6. The zero-order chi connectivity index (χ0) is 43.0. The predicted molar refractivity (Wildman–Crippen MR) is 238 cm³/mol. The number of hydrogen-bond donors (Lipinski definition) is 4. The van der Waals surface area contributed by atoms with E-state index in [-0.39, 0.29) is 32.0 Å². The molecule has 1 heterocycles. The van der Waals surface area contributed by atoms with Gasteiger partial charge in [0.15, 0.2) is 12.4 Å². The fourth-order valence-corrected chi connectivity index (χ4v) is 7.17. The minimum atomic E-state index is -1.60. The molecule has 0 aromatic heterocycles. The predicted octanol–water partition coefficient (Wildman–Crippen LogP) is 10.7. The van der Waals surface area contributed by atoms with Gasteiger partial charge >= 0.3 is 11.9 Å². The van der Waals surface area contributed by atoms with E-state index in [9.17, 15) is 30.0 Å². The lowest BCUT2D eigenvalue weighted by atomic mass is 9.99. The molecule has 1 aliphatic rings. The number of rotatable bonds is 40. The maximum Gasteiger partial charge on any atom is 0.306 e. The van der Waals surface area contributed by atoms with E-state index in [1.165, 1.54) is 109 Å². The van der Waals surface area contributed by atoms with Crippen LogP contribution in [0.15, 0.2) is 36.5 Å². The lowest BCUT2D eigenvalue weighted by molar-refractivity contribution is -0.305. The molecule has 0 spiro atoms. The maximum atomic E-state index is 12.8. The zero-order valence-electron chi connectivity index (χ0n) is 37.5. The Labute approximate surface area is 359 Å². The van der Waals surface area contributed by atoms with Crippen LogP contribution in [0.4, 0.5) is 0 Å². The summed E-state index contributed by atoms with van der Waals surface area (Å²) in [6.07, 6.45) is 38.6. The summed E-state index contributed by atoms with van der Waals surface area (Å²) in [5, 5.41) is 40.1. The van der Waals surface area contributed by atoms with Gasteiger partial charge in [0.2, 0.25) is 0 Å². The summed E-state index contributed by atoms with van der Waals surface area (Å²) in [4.78, 5) is 25.4. The highest BCUT2D eigenvalue weighted by molar-refractivity contribution is 5.70. The van der Waals surface area contributed by atoms with Crippen molar-refractivity contribution in [1.29, 1.82) is 0 Å². The van der Waals surface area contributed by atoms with Crippen LogP contribution < -0.4 is 0 Å². The molecule has 4 N–H and O–H groups in total. The van der Waals surface area contributed by atoms with E-state index in [0.717, 1.165) is 64.2 Å². The standard InChI is InChI=1S/C49H88O10/c1-3-5-7-9-11-13-15-17-19-20-21-22-24-25-27-29-31-33-35-37-44(51)56-40-42(41-57-49-48(55)47(54)46(53)43(39-50)59-49)58-45(52)38-36-34-32-30-28-26-23-18-16-14-12-10-8-6-4-2/h14,16-19,23,42-43,46-50,53-55H,3-13,15,20-22,24-41H2,1-2H3/b16-14+,19-17+,23-18+/t42-,43-,46+,47?,48?,49-/m0/s1. The Bertz CT molecular complexity index is 1060. The lowest BCUT2D eigenvalue weighted by Gasteiger charge is -2.39. The van der Waals surface area contributed by atoms with Gasteiger partial charge in [-0.2, -0.15) is 0 Å². The lowest BCUT2D eigenvalue weighted by Crippen LogP contribution is -2.59. The van der Waals surface area contributed by atoms with E-state index in [4.69, 9.17) is 18.9 Å². The summed E-state index contributed by atoms with van der Waals surface area (Å²) in [5.74, 6) is -0.823. The van der Waals surface area contributed by atoms with Gasteiger partial charge in [-0.25, -0.2) is 0 Å². The van der Waals surface area contributed by atoms with E-state index in [1.807, 2.05) is 0 Å². The Hall–Kier alpha value is -2.08. The quantitative estimate of drug-likeness (QED) is 0.0203. The van der Waals surface area contributed by atoms with Crippen LogP contribution in [0, 0.1) is 0 Å². The summed E-state index contributed by atoms with van der Waals surface area (Å²) < 4.78 is 22.2. The van der Waals surface area contributed by atoms with Gasteiger partial charge in [0.25, 0.3) is 0 Å². The van der Waals surface area contributed by atoms with Gasteiger partial charge in [0, 0.05) is 12.8 Å². The van der Waals surface area contributed by atoms with Crippen LogP contribution in [0.1, 0.15) is 206 Å². The van der Waals surface area contributed by atoms with Crippen LogP contribution in [0.3, 0.4) is 0 Å². The van der Waals surface area contributed by atoms with Crippen molar-refractivity contribution in [3.63, 3.8) is 0 Å². The first-order valence-corrected chi connectivity index (χ1v) is 24.1. The molecule has 10 nitrogen and oxygen atoms in total. The number of allylic oxidation sites excluding steroid dienone is 6. The summed E-state index contributed by atoms with van der Waals surface area (Å²) in [5.41, 5.74) is 0. The Morgan fingerprint density at radius 3 is 1.44 bits per heavy atom. The van der Waals surface area contributed by atoms with E-state index in [1.54, 1.807) is 0 Å². The molecule has 6 atom stereocenters. The number of aliphatic hydroxyl groups is 4. The second kappa shape index (κ2) is 40.0. The highest BCUT2D eigenvalue weighted by atomic mass is 16.7. The average molecular weight is 837 g/mol. The van der Waals surface area contributed by atoms with Crippen LogP contribution in [-0.2, 0) is 28.5 Å². The SMILES string of the molecule is CCCCCC/C=C/C=C/CCCCCCCC(=O)O[C@@H](COC(=O)CCCCCCCCCCC/C=C/CCCCCCCC)CO[C@H]1O[C@@H](CO)[C@@H](O)C(O)C1O. The number of ether oxygens (including phenoxy) is 4. The second-order valence-corrected chi connectivity index (χ2v) is 16.6. The summed E-state index contributed by atoms with van der Waals surface area (Å²) >= 11 is 0. The van der Waals surface area contributed by atoms with E-state index >= 15 is 0 Å². The first-order chi connectivity index (χ1) is 28.8. The molecule has 0 aromatic carbocycles. The fourth-order valence-electron chi connectivity index (χ4n) is 7.17. The molecule has 344 valence electrons. The van der Waals surface area contributed by atoms with Gasteiger partial charge in [0.1, 0.15) is 31.0 Å². The van der Waals surface area contributed by atoms with Gasteiger partial charge < -0.3 is 39.4 Å². The van der Waals surface area contributed by atoms with Crippen molar-refractivity contribution < 1.29 is 49.0 Å². The Morgan fingerprint density at radius 1 is 0.525 bits per heavy atom. The van der Waals surface area contributed by atoms with Crippen LogP contribution in [0.2, 0.25) is 0 Å². The number of aliphatic hydroxyl groups excluding tert-OH is 4. The molecular weight excluding hydrogens is 749 g/mol. The minimum absolute atomic E-state index is 0.212. The molecule has 0 radical (unpaired) electrons. The Morgan fingerprint density at radius 2 is 0.949 bits per heavy atom. The summed E-state index contributed by atoms with van der Waals surface area (Å²) in [6.45, 7) is 3.39. The first kappa shape index (κ1) is 54.9. The van der Waals surface area contributed by atoms with E-state index in [0.29, 0.717) is 6.42 Å². The molecule has 1 saturated heterocycles. The number of carbonyl (C=O) groups excluding carboxylic acids is 2. The van der Waals surface area contributed by atoms with Gasteiger partial charge in [-0.3, -0.25) is 9.59 Å². The van der Waals surface area contributed by atoms with Crippen LogP contribution in [0.5, 0.6) is 0 Å². The molecule has 0 saturated carbocycles. The summed E-state index contributed by atoms with van der Waals surface area (Å²) in [7, 11) is 0. The first-order valence-electron chi connectivity index (χ1n) is 24.1. The average Bonchev–Trinajstić information content (AvgIpc) is 3.23. The third-order valence-corrected chi connectivity index (χ3v) is 11.0. The van der Waals surface area contributed by atoms with Crippen molar-refractivity contribution in [3.05, 3.63) is 36.5 Å². The van der Waals surface area contributed by atoms with Crippen molar-refractivity contribution in [2.45, 2.75) is 243 Å². The molecule has 0 bridgehead atoms. The summed E-state index contributed by atoms with van der Waals surface area (Å²) in [6, 6.07) is 0. The normalized spacial score (nSPS) is 20.3. The molecular formula is C49H88O10. The molecule has 0 aliphatic carbocycles. The van der Waals surface area contributed by atoms with Gasteiger partial charge in [-0.05, 0) is 64.2 Å². The van der Waals surface area contributed by atoms with Crippen molar-refractivity contribution >= 4 is 11.9 Å². The molecule has 1 rings (SSSR count). The highest BCUT2D eigenvalue weighted by Gasteiger charge is 2.44. The van der Waals surface area contributed by atoms with Gasteiger partial charge in [-0.15, -0.1) is 0 Å². The van der Waals surface area contributed by atoms with Crippen molar-refractivity contribution in [2.75, 3.05) is 19.8 Å². The topological polar surface area (TPSA) is 152 Å². The Kier molecular flexibility index (Phi) is 37.3. The molecule has 1 fully saturated rings. The number of carbonyl (C=O) groups is 2. The number of hydrogen-bond acceptors (Lipinski definition) is 10. The zero-order valence-corrected chi connectivity index (χ0v) is 37.5. The van der Waals surface area contributed by atoms with Crippen LogP contribution in [-0.4, -0.2) is 89.0 Å². The Balaban J connectivity index is 2.30. The molecule has 0 amide bonds. The monoisotopic (exact) mass is 837 g/mol. The molecule has 2 unspecified atom stereocenters. The number of unbranched alkanes of at least 4 members (excludes halogenated alkanes) is 24. The number of esters is 2. The van der Waals surface area contributed by atoms with Gasteiger partial charge in [0.05, 0.1) is 13.2 Å². The van der Waals surface area contributed by atoms with Crippen molar-refractivity contribution in [2.24, 2.45) is 0 Å². The van der Waals surface area contributed by atoms with E-state index in [2.05, 4.69) is 50.3 Å². The molecule has 0 aromatic rings. The smallest absolute Gasteiger partial charge is 0.306 e. The third-order valence-electron chi connectivity index (χ3n) is 11.0. The fraction of sp³-hybridized carbons (Fsp3) is 0.837. The third kappa shape index (κ3) is 31.4. The van der Waals surface area contributed by atoms with Crippen LogP contribution in [0.25, 0.3) is 0 Å². The molecule has 10 heteroatoms. The largest absolute Gasteiger partial charge is 0.462 e. The van der Waals surface area contributed by atoms with Crippen molar-refractivity contribution in [3.8, 4) is 0 Å². The highest BCUT2D eigenvalue weighted by Crippen LogP contribution is 2.23. The van der Waals surface area contributed by atoms with E-state index < -0.39 is 49.4 Å².